The van der Waals surface area contributed by atoms with Crippen LogP contribution in [0.1, 0.15) is 33.6 Å². The SMILES string of the molecule is CC(C)(C)OC(=O)NC1CCCN(C(=O)Nc2ccc(Br)c(F)c2)C1. The van der Waals surface area contributed by atoms with Crippen LogP contribution in [0.25, 0.3) is 0 Å². The first kappa shape index (κ1) is 19.5. The highest BCUT2D eigenvalue weighted by Gasteiger charge is 2.26. The van der Waals surface area contributed by atoms with Crippen molar-refractivity contribution < 1.29 is 18.7 Å². The second-order valence-corrected chi connectivity index (χ2v) is 7.84. The van der Waals surface area contributed by atoms with Crippen molar-refractivity contribution in [3.63, 3.8) is 0 Å². The number of rotatable bonds is 2. The lowest BCUT2D eigenvalue weighted by atomic mass is 10.1. The van der Waals surface area contributed by atoms with Gasteiger partial charge in [0.05, 0.1) is 4.47 Å². The van der Waals surface area contributed by atoms with Crippen molar-refractivity contribution >= 4 is 33.7 Å². The third-order valence-corrected chi connectivity index (χ3v) is 4.24. The van der Waals surface area contributed by atoms with Crippen LogP contribution in [0.5, 0.6) is 0 Å². The number of anilines is 1. The summed E-state index contributed by atoms with van der Waals surface area (Å²) in [5.74, 6) is -0.444. The lowest BCUT2D eigenvalue weighted by Crippen LogP contribution is -2.51. The maximum atomic E-state index is 13.5. The molecule has 1 aromatic carbocycles. The van der Waals surface area contributed by atoms with Crippen molar-refractivity contribution in [3.8, 4) is 0 Å². The number of likely N-dealkylation sites (tertiary alicyclic amines) is 1. The zero-order valence-corrected chi connectivity index (χ0v) is 16.2. The minimum Gasteiger partial charge on any atom is -0.444 e. The summed E-state index contributed by atoms with van der Waals surface area (Å²) in [6.07, 6.45) is 1.05. The molecular formula is C17H23BrFN3O3. The molecule has 1 aliphatic heterocycles. The van der Waals surface area contributed by atoms with Gasteiger partial charge in [-0.15, -0.1) is 0 Å². The number of urea groups is 1. The number of carbonyl (C=O) groups is 2. The number of carbonyl (C=O) groups excluding carboxylic acids is 2. The number of nitrogens with zero attached hydrogens (tertiary/aromatic N) is 1. The van der Waals surface area contributed by atoms with Gasteiger partial charge in [0, 0.05) is 24.8 Å². The molecule has 1 heterocycles. The molecule has 1 fully saturated rings. The molecule has 2 rings (SSSR count). The van der Waals surface area contributed by atoms with E-state index in [-0.39, 0.29) is 12.1 Å². The summed E-state index contributed by atoms with van der Waals surface area (Å²) in [5.41, 5.74) is -0.186. The number of ether oxygens (including phenoxy) is 1. The molecule has 1 saturated heterocycles. The number of piperidine rings is 1. The summed E-state index contributed by atoms with van der Waals surface area (Å²) >= 11 is 3.07. The molecule has 3 amide bonds. The Morgan fingerprint density at radius 2 is 2.08 bits per heavy atom. The van der Waals surface area contributed by atoms with Crippen LogP contribution >= 0.6 is 15.9 Å². The Morgan fingerprint density at radius 1 is 1.36 bits per heavy atom. The second kappa shape index (κ2) is 8.03. The van der Waals surface area contributed by atoms with E-state index in [4.69, 9.17) is 4.74 Å². The number of benzene rings is 1. The highest BCUT2D eigenvalue weighted by Crippen LogP contribution is 2.20. The highest BCUT2D eigenvalue weighted by molar-refractivity contribution is 9.10. The van der Waals surface area contributed by atoms with E-state index >= 15 is 0 Å². The first-order chi connectivity index (χ1) is 11.6. The fraction of sp³-hybridized carbons (Fsp3) is 0.529. The van der Waals surface area contributed by atoms with Gasteiger partial charge in [-0.3, -0.25) is 0 Å². The number of hydrogen-bond acceptors (Lipinski definition) is 3. The molecule has 0 radical (unpaired) electrons. The van der Waals surface area contributed by atoms with Gasteiger partial charge in [-0.05, 0) is 67.7 Å². The smallest absolute Gasteiger partial charge is 0.407 e. The fourth-order valence-electron chi connectivity index (χ4n) is 2.53. The van der Waals surface area contributed by atoms with Gasteiger partial charge in [0.2, 0.25) is 0 Å². The third kappa shape index (κ3) is 6.19. The minimum absolute atomic E-state index is 0.170. The maximum absolute atomic E-state index is 13.5. The molecule has 2 N–H and O–H groups in total. The highest BCUT2D eigenvalue weighted by atomic mass is 79.9. The number of alkyl carbamates (subject to hydrolysis) is 1. The third-order valence-electron chi connectivity index (χ3n) is 3.60. The van der Waals surface area contributed by atoms with Gasteiger partial charge in [-0.1, -0.05) is 0 Å². The predicted molar refractivity (Wildman–Crippen MR) is 97.1 cm³/mol. The van der Waals surface area contributed by atoms with Crippen LogP contribution in [0.4, 0.5) is 19.7 Å². The molecule has 0 spiro atoms. The Morgan fingerprint density at radius 3 is 2.72 bits per heavy atom. The summed E-state index contributed by atoms with van der Waals surface area (Å²) in [6, 6.07) is 3.91. The van der Waals surface area contributed by atoms with Crippen molar-refractivity contribution in [2.45, 2.75) is 45.3 Å². The van der Waals surface area contributed by atoms with Gasteiger partial charge in [0.1, 0.15) is 11.4 Å². The quantitative estimate of drug-likeness (QED) is 0.763. The molecule has 1 aliphatic rings. The van der Waals surface area contributed by atoms with E-state index in [1.807, 2.05) is 0 Å². The van der Waals surface area contributed by atoms with Crippen LogP contribution in [-0.2, 0) is 4.74 Å². The lowest BCUT2D eigenvalue weighted by molar-refractivity contribution is 0.0480. The summed E-state index contributed by atoms with van der Waals surface area (Å²) in [4.78, 5) is 25.8. The lowest BCUT2D eigenvalue weighted by Gasteiger charge is -2.33. The number of nitrogens with one attached hydrogen (secondary N) is 2. The molecule has 0 bridgehead atoms. The molecule has 138 valence electrons. The molecular weight excluding hydrogens is 393 g/mol. The van der Waals surface area contributed by atoms with E-state index in [0.717, 1.165) is 12.8 Å². The second-order valence-electron chi connectivity index (χ2n) is 6.99. The average molecular weight is 416 g/mol. The van der Waals surface area contributed by atoms with Crippen molar-refractivity contribution in [3.05, 3.63) is 28.5 Å². The maximum Gasteiger partial charge on any atom is 0.407 e. The van der Waals surface area contributed by atoms with Gasteiger partial charge in [0.25, 0.3) is 0 Å². The van der Waals surface area contributed by atoms with E-state index in [2.05, 4.69) is 26.6 Å². The minimum atomic E-state index is -0.568. The van der Waals surface area contributed by atoms with Gasteiger partial charge in [0.15, 0.2) is 0 Å². The van der Waals surface area contributed by atoms with Gasteiger partial charge < -0.3 is 20.3 Å². The summed E-state index contributed by atoms with van der Waals surface area (Å²) in [6.45, 7) is 6.35. The first-order valence-electron chi connectivity index (χ1n) is 8.14. The number of hydrogen-bond donors (Lipinski definition) is 2. The average Bonchev–Trinajstić information content (AvgIpc) is 2.49. The molecule has 0 saturated carbocycles. The largest absolute Gasteiger partial charge is 0.444 e. The number of amides is 3. The van der Waals surface area contributed by atoms with Gasteiger partial charge >= 0.3 is 12.1 Å². The van der Waals surface area contributed by atoms with Crippen LogP contribution in [0.15, 0.2) is 22.7 Å². The number of halogens is 2. The predicted octanol–water partition coefficient (Wildman–Crippen LogP) is 4.11. The van der Waals surface area contributed by atoms with Crippen LogP contribution in [-0.4, -0.2) is 41.8 Å². The summed E-state index contributed by atoms with van der Waals surface area (Å²) < 4.78 is 19.1. The Bertz CT molecular complexity index is 649. The molecule has 1 aromatic rings. The molecule has 0 aliphatic carbocycles. The van der Waals surface area contributed by atoms with Crippen LogP contribution in [0, 0.1) is 5.82 Å². The van der Waals surface area contributed by atoms with Crippen LogP contribution in [0.3, 0.4) is 0 Å². The van der Waals surface area contributed by atoms with E-state index < -0.39 is 17.5 Å². The normalized spacial score (nSPS) is 17.8. The van der Waals surface area contributed by atoms with E-state index in [1.54, 1.807) is 31.7 Å². The van der Waals surface area contributed by atoms with E-state index in [1.165, 1.54) is 12.1 Å². The van der Waals surface area contributed by atoms with Crippen molar-refractivity contribution in [1.82, 2.24) is 10.2 Å². The standard InChI is InChI=1S/C17H23BrFN3O3/c1-17(2,3)25-16(24)21-12-5-4-8-22(10-12)15(23)20-11-6-7-13(18)14(19)9-11/h6-7,9,12H,4-5,8,10H2,1-3H3,(H,20,23)(H,21,24). The van der Waals surface area contributed by atoms with E-state index in [9.17, 15) is 14.0 Å². The van der Waals surface area contributed by atoms with Crippen molar-refractivity contribution in [1.29, 1.82) is 0 Å². The van der Waals surface area contributed by atoms with Crippen molar-refractivity contribution in [2.75, 3.05) is 18.4 Å². The molecule has 8 heteroatoms. The van der Waals surface area contributed by atoms with Crippen LogP contribution < -0.4 is 10.6 Å². The Labute approximate surface area is 155 Å². The first-order valence-corrected chi connectivity index (χ1v) is 8.94. The van der Waals surface area contributed by atoms with Gasteiger partial charge in [-0.25, -0.2) is 14.0 Å². The Hall–Kier alpha value is -1.83. The molecule has 1 unspecified atom stereocenters. The zero-order valence-electron chi connectivity index (χ0n) is 14.6. The summed E-state index contributed by atoms with van der Waals surface area (Å²) in [7, 11) is 0. The van der Waals surface area contributed by atoms with Crippen molar-refractivity contribution in [2.24, 2.45) is 0 Å². The topological polar surface area (TPSA) is 70.7 Å². The summed E-state index contributed by atoms with van der Waals surface area (Å²) in [5, 5.41) is 5.47. The molecule has 1 atom stereocenters. The Kier molecular flexibility index (Phi) is 6.26. The van der Waals surface area contributed by atoms with E-state index in [0.29, 0.717) is 23.2 Å². The molecule has 25 heavy (non-hydrogen) atoms. The van der Waals surface area contributed by atoms with Crippen LogP contribution in [0.2, 0.25) is 0 Å². The molecule has 0 aromatic heterocycles. The van der Waals surface area contributed by atoms with Gasteiger partial charge in [-0.2, -0.15) is 0 Å². The Balaban J connectivity index is 1.90. The zero-order chi connectivity index (χ0) is 18.6. The monoisotopic (exact) mass is 415 g/mol. The molecule has 6 nitrogen and oxygen atoms in total. The fourth-order valence-corrected chi connectivity index (χ4v) is 2.78.